The van der Waals surface area contributed by atoms with Crippen LogP contribution in [0.5, 0.6) is 0 Å². The van der Waals surface area contributed by atoms with Crippen LogP contribution in [0.3, 0.4) is 0 Å². The Labute approximate surface area is 157 Å². The van der Waals surface area contributed by atoms with Crippen LogP contribution in [0, 0.1) is 17.0 Å². The van der Waals surface area contributed by atoms with E-state index in [0.29, 0.717) is 23.6 Å². The zero-order valence-electron chi connectivity index (χ0n) is 14.5. The number of nitrogens with zero attached hydrogens (tertiary/aromatic N) is 1. The van der Waals surface area contributed by atoms with Crippen molar-refractivity contribution in [2.24, 2.45) is 10.4 Å². The highest BCUT2D eigenvalue weighted by Crippen LogP contribution is 2.46. The molecular weight excluding hydrogens is 354 g/mol. The fraction of sp³-hybridized carbons (Fsp3) is 0.381. The van der Waals surface area contributed by atoms with E-state index in [1.807, 2.05) is 24.3 Å². The van der Waals surface area contributed by atoms with Gasteiger partial charge in [0.2, 0.25) is 0 Å². The first kappa shape index (κ1) is 17.5. The number of anilines is 1. The molecule has 5 heteroatoms. The normalized spacial score (nSPS) is 20.0. The maximum Gasteiger partial charge on any atom is 0.147 e. The molecule has 1 saturated carbocycles. The molecule has 136 valence electrons. The predicted molar refractivity (Wildman–Crippen MR) is 102 cm³/mol. The van der Waals surface area contributed by atoms with Gasteiger partial charge in [-0.3, -0.25) is 4.99 Å². The Morgan fingerprint density at radius 2 is 1.81 bits per heavy atom. The van der Waals surface area contributed by atoms with E-state index >= 15 is 0 Å². The second-order valence-electron chi connectivity index (χ2n) is 7.32. The molecule has 0 saturated heterocycles. The molecule has 2 aromatic carbocycles. The maximum absolute atomic E-state index is 14.4. The molecule has 1 aliphatic heterocycles. The monoisotopic (exact) mass is 374 g/mol. The van der Waals surface area contributed by atoms with Crippen molar-refractivity contribution in [3.8, 4) is 0 Å². The third-order valence-electron chi connectivity index (χ3n) is 5.59. The number of hydrogen-bond donors (Lipinski definition) is 1. The smallest absolute Gasteiger partial charge is 0.147 e. The van der Waals surface area contributed by atoms with Crippen LogP contribution >= 0.6 is 11.6 Å². The summed E-state index contributed by atoms with van der Waals surface area (Å²) in [4.78, 5) is 4.80. The average Bonchev–Trinajstić information content (AvgIpc) is 2.64. The van der Waals surface area contributed by atoms with Gasteiger partial charge in [0.1, 0.15) is 17.5 Å². The van der Waals surface area contributed by atoms with E-state index < -0.39 is 5.82 Å². The standard InChI is InChI=1S/C21H21ClF2N2/c22-15-6-4-5-14(11-15)13-25-20-21(9-2-1-3-10-21)12-16-17(23)7-8-18(24)19(16)26-20/h4-8,11H,1-3,9-10,12-13H2,(H,25,26). The number of aliphatic imine (C=N–C) groups is 1. The minimum Gasteiger partial charge on any atom is -0.341 e. The zero-order chi connectivity index (χ0) is 18.1. The fourth-order valence-electron chi connectivity index (χ4n) is 4.23. The zero-order valence-corrected chi connectivity index (χ0v) is 15.3. The van der Waals surface area contributed by atoms with Gasteiger partial charge in [-0.25, -0.2) is 8.78 Å². The molecule has 2 aliphatic rings. The highest BCUT2D eigenvalue weighted by atomic mass is 35.5. The summed E-state index contributed by atoms with van der Waals surface area (Å²) >= 11 is 6.06. The summed E-state index contributed by atoms with van der Waals surface area (Å²) in [5.41, 5.74) is 1.47. The molecule has 1 spiro atoms. The van der Waals surface area contributed by atoms with Crippen LogP contribution in [0.2, 0.25) is 5.02 Å². The van der Waals surface area contributed by atoms with Crippen molar-refractivity contribution in [1.82, 2.24) is 0 Å². The van der Waals surface area contributed by atoms with Crippen molar-refractivity contribution in [3.63, 3.8) is 0 Å². The molecule has 1 heterocycles. The first-order valence-electron chi connectivity index (χ1n) is 9.11. The van der Waals surface area contributed by atoms with Crippen LogP contribution in [0.4, 0.5) is 14.5 Å². The Bertz CT molecular complexity index is 857. The molecule has 0 bridgehead atoms. The molecule has 0 atom stereocenters. The van der Waals surface area contributed by atoms with Crippen molar-refractivity contribution in [2.75, 3.05) is 5.32 Å². The number of rotatable bonds is 2. The third-order valence-corrected chi connectivity index (χ3v) is 5.82. The summed E-state index contributed by atoms with van der Waals surface area (Å²) in [6.45, 7) is 0.469. The van der Waals surface area contributed by atoms with Crippen LogP contribution in [-0.2, 0) is 13.0 Å². The van der Waals surface area contributed by atoms with Crippen LogP contribution in [-0.4, -0.2) is 5.84 Å². The highest BCUT2D eigenvalue weighted by molar-refractivity contribution is 6.30. The minimum atomic E-state index is -0.428. The van der Waals surface area contributed by atoms with Crippen molar-refractivity contribution in [3.05, 3.63) is 64.2 Å². The van der Waals surface area contributed by atoms with Crippen LogP contribution in [0.1, 0.15) is 43.2 Å². The van der Waals surface area contributed by atoms with Crippen molar-refractivity contribution in [2.45, 2.75) is 45.1 Å². The number of hydrogen-bond acceptors (Lipinski definition) is 1. The summed E-state index contributed by atoms with van der Waals surface area (Å²) in [5.74, 6) is 0.0180. The Balaban J connectivity index is 1.72. The van der Waals surface area contributed by atoms with Crippen molar-refractivity contribution in [1.29, 1.82) is 0 Å². The summed E-state index contributed by atoms with van der Waals surface area (Å²) < 4.78 is 28.6. The maximum atomic E-state index is 14.4. The molecule has 1 fully saturated rings. The lowest BCUT2D eigenvalue weighted by Crippen LogP contribution is -2.44. The number of halogens is 3. The molecular formula is C21H21ClF2N2. The first-order chi connectivity index (χ1) is 12.6. The molecule has 0 aromatic heterocycles. The number of fused-ring (bicyclic) bond motifs is 1. The van der Waals surface area contributed by atoms with Gasteiger partial charge >= 0.3 is 0 Å². The van der Waals surface area contributed by atoms with Crippen LogP contribution < -0.4 is 5.32 Å². The largest absolute Gasteiger partial charge is 0.341 e. The van der Waals surface area contributed by atoms with Gasteiger partial charge in [0.15, 0.2) is 0 Å². The van der Waals surface area contributed by atoms with Gasteiger partial charge in [0, 0.05) is 16.0 Å². The Morgan fingerprint density at radius 1 is 1.04 bits per heavy atom. The van der Waals surface area contributed by atoms with Gasteiger partial charge in [0.25, 0.3) is 0 Å². The molecule has 4 rings (SSSR count). The van der Waals surface area contributed by atoms with Gasteiger partial charge in [0.05, 0.1) is 12.2 Å². The quantitative estimate of drug-likeness (QED) is 0.671. The van der Waals surface area contributed by atoms with E-state index in [9.17, 15) is 8.78 Å². The lowest BCUT2D eigenvalue weighted by atomic mass is 9.67. The highest BCUT2D eigenvalue weighted by Gasteiger charge is 2.42. The minimum absolute atomic E-state index is 0.224. The van der Waals surface area contributed by atoms with Crippen molar-refractivity contribution < 1.29 is 8.78 Å². The molecule has 1 N–H and O–H groups in total. The fourth-order valence-corrected chi connectivity index (χ4v) is 4.44. The van der Waals surface area contributed by atoms with Crippen LogP contribution in [0.25, 0.3) is 0 Å². The third kappa shape index (κ3) is 3.23. The van der Waals surface area contributed by atoms with Gasteiger partial charge < -0.3 is 5.32 Å². The summed E-state index contributed by atoms with van der Waals surface area (Å²) in [7, 11) is 0. The molecule has 0 unspecified atom stereocenters. The van der Waals surface area contributed by atoms with Gasteiger partial charge in [-0.1, -0.05) is 43.0 Å². The first-order valence-corrected chi connectivity index (χ1v) is 9.48. The summed E-state index contributed by atoms with van der Waals surface area (Å²) in [6.07, 6.45) is 5.76. The molecule has 2 nitrogen and oxygen atoms in total. The van der Waals surface area contributed by atoms with E-state index in [0.717, 1.165) is 37.1 Å². The number of amidine groups is 1. The molecule has 26 heavy (non-hydrogen) atoms. The van der Waals surface area contributed by atoms with Crippen LogP contribution in [0.15, 0.2) is 41.4 Å². The Kier molecular flexibility index (Phi) is 4.70. The van der Waals surface area contributed by atoms with E-state index in [2.05, 4.69) is 5.32 Å². The lowest BCUT2D eigenvalue weighted by Gasteiger charge is -2.42. The molecule has 0 amide bonds. The second-order valence-corrected chi connectivity index (χ2v) is 7.76. The van der Waals surface area contributed by atoms with Crippen molar-refractivity contribution >= 4 is 23.1 Å². The predicted octanol–water partition coefficient (Wildman–Crippen LogP) is 6.14. The summed E-state index contributed by atoms with van der Waals surface area (Å²) in [5, 5.41) is 3.82. The van der Waals surface area contributed by atoms with E-state index in [1.54, 1.807) is 0 Å². The molecule has 0 radical (unpaired) electrons. The number of benzene rings is 2. The Hall–Kier alpha value is -1.94. The summed E-state index contributed by atoms with van der Waals surface area (Å²) in [6, 6.07) is 9.98. The molecule has 1 aliphatic carbocycles. The van der Waals surface area contributed by atoms with E-state index in [-0.39, 0.29) is 16.9 Å². The van der Waals surface area contributed by atoms with E-state index in [1.165, 1.54) is 18.6 Å². The van der Waals surface area contributed by atoms with Gasteiger partial charge in [-0.15, -0.1) is 0 Å². The Morgan fingerprint density at radius 3 is 2.58 bits per heavy atom. The second kappa shape index (κ2) is 6.99. The SMILES string of the molecule is Fc1ccc(F)c2c1CC1(CCCCC1)C(=NCc1cccc(Cl)c1)N2. The average molecular weight is 375 g/mol. The lowest BCUT2D eigenvalue weighted by molar-refractivity contribution is 0.275. The topological polar surface area (TPSA) is 24.4 Å². The van der Waals surface area contributed by atoms with Gasteiger partial charge in [-0.05, 0) is 49.1 Å². The van der Waals surface area contributed by atoms with E-state index in [4.69, 9.17) is 16.6 Å². The molecule has 2 aromatic rings. The van der Waals surface area contributed by atoms with Gasteiger partial charge in [-0.2, -0.15) is 0 Å². The number of nitrogens with one attached hydrogen (secondary N) is 1.